The summed E-state index contributed by atoms with van der Waals surface area (Å²) >= 11 is 0. The predicted molar refractivity (Wildman–Crippen MR) is 229 cm³/mol. The van der Waals surface area contributed by atoms with Crippen molar-refractivity contribution in [2.24, 2.45) is 11.8 Å². The van der Waals surface area contributed by atoms with Gasteiger partial charge in [0.1, 0.15) is 35.7 Å². The molecule has 15 heteroatoms. The number of nitrogens with zero attached hydrogens (tertiary/aromatic N) is 2. The highest BCUT2D eigenvalue weighted by Gasteiger charge is 2.43. The number of carbonyl (C=O) groups is 4. The Hall–Kier alpha value is -5.70. The van der Waals surface area contributed by atoms with Crippen molar-refractivity contribution >= 4 is 44.7 Å². The van der Waals surface area contributed by atoms with E-state index in [1.807, 2.05) is 62.4 Å². The highest BCUT2D eigenvalue weighted by atomic mass is 32.2. The number of ether oxygens (including phenoxy) is 2. The fourth-order valence-electron chi connectivity index (χ4n) is 7.88. The van der Waals surface area contributed by atoms with Crippen LogP contribution in [0.4, 0.5) is 4.79 Å². The van der Waals surface area contributed by atoms with Gasteiger partial charge in [-0.2, -0.15) is 0 Å². The highest BCUT2D eigenvalue weighted by molar-refractivity contribution is 7.90. The molecule has 1 aliphatic carbocycles. The first-order chi connectivity index (χ1) is 28.9. The van der Waals surface area contributed by atoms with E-state index < -0.39 is 52.1 Å². The summed E-state index contributed by atoms with van der Waals surface area (Å²) in [6.07, 6.45) is 5.45. The number of nitrogens with one attached hydrogen (secondary N) is 4. The number of aromatic nitrogens is 1. The number of hydrogen-bond acceptors (Lipinski definition) is 9. The van der Waals surface area contributed by atoms with Gasteiger partial charge in [-0.15, -0.1) is 0 Å². The molecule has 2 aliphatic rings. The number of sulfonamides is 1. The molecule has 1 aliphatic heterocycles. The summed E-state index contributed by atoms with van der Waals surface area (Å²) in [5.41, 5.74) is 2.12. The monoisotopic (exact) mass is 840 g/mol. The van der Waals surface area contributed by atoms with Gasteiger partial charge in [0.15, 0.2) is 0 Å². The molecule has 2 fully saturated rings. The number of likely N-dealkylation sites (tertiary alicyclic amines) is 1. The maximum absolute atomic E-state index is 14.3. The van der Waals surface area contributed by atoms with E-state index in [9.17, 15) is 27.6 Å². The maximum Gasteiger partial charge on any atom is 0.318 e. The number of urea groups is 1. The van der Waals surface area contributed by atoms with Gasteiger partial charge in [-0.1, -0.05) is 95.0 Å². The van der Waals surface area contributed by atoms with Crippen molar-refractivity contribution < 1.29 is 37.1 Å². The van der Waals surface area contributed by atoms with Gasteiger partial charge in [-0.25, -0.2) is 22.9 Å². The zero-order chi connectivity index (χ0) is 42.8. The second-order valence-electron chi connectivity index (χ2n) is 16.0. The molecule has 4 aromatic rings. The van der Waals surface area contributed by atoms with E-state index in [1.54, 1.807) is 38.3 Å². The van der Waals surface area contributed by atoms with E-state index in [2.05, 4.69) is 20.7 Å². The number of rotatable bonds is 16. The fourth-order valence-corrected chi connectivity index (χ4v) is 8.92. The zero-order valence-electron chi connectivity index (χ0n) is 34.7. The minimum absolute atomic E-state index is 0.0306. The third kappa shape index (κ3) is 10.9. The van der Waals surface area contributed by atoms with Crippen molar-refractivity contribution in [1.82, 2.24) is 30.6 Å². The standard InChI is InChI=1S/C45H56N6O8S/c1-5-15-36(42(52)50-60(56,57)34-20-13-8-14-21-34)48-43(53)39-25-33(28-51(39)45(55)49-41(29(2)3)44(54)46-27-30-16-9-6-10-17-30)59-40-26-37(31-18-11-7-12-19-31)47-38-24-32(58-4)22-23-35(38)40/h7-8,11-14,18-24,26,29-30,33,36,39,41H,5-6,9-10,15-17,25,27-28H2,1-4H3,(H,46,54)(H,48,53)(H,49,55)(H,50,52)/t33-,36+,39?,41+/m1/s1. The molecule has 1 saturated heterocycles. The number of hydrogen-bond donors (Lipinski definition) is 4. The SMILES string of the molecule is CCC[C@H](NC(=O)C1C[C@@H](Oc2cc(-c3ccccc3)nc3cc(OC)ccc23)CN1C(=O)N[C@H](C(=O)NCC1CCCCC1)C(C)C)C(=O)NS(=O)(=O)c1ccccc1. The number of pyridine rings is 1. The van der Waals surface area contributed by atoms with E-state index in [0.29, 0.717) is 47.0 Å². The summed E-state index contributed by atoms with van der Waals surface area (Å²) in [4.78, 5) is 61.8. The van der Waals surface area contributed by atoms with Crippen molar-refractivity contribution in [3.8, 4) is 22.8 Å². The Morgan fingerprint density at radius 3 is 2.25 bits per heavy atom. The van der Waals surface area contributed by atoms with Crippen molar-refractivity contribution in [3.63, 3.8) is 0 Å². The van der Waals surface area contributed by atoms with Gasteiger partial charge >= 0.3 is 6.03 Å². The molecule has 14 nitrogen and oxygen atoms in total. The van der Waals surface area contributed by atoms with Crippen LogP contribution in [0.5, 0.6) is 11.5 Å². The third-order valence-corrected chi connectivity index (χ3v) is 12.5. The number of benzene rings is 3. The first-order valence-electron chi connectivity index (χ1n) is 20.8. The molecule has 60 heavy (non-hydrogen) atoms. The summed E-state index contributed by atoms with van der Waals surface area (Å²) in [7, 11) is -2.66. The second kappa shape index (κ2) is 20.0. The van der Waals surface area contributed by atoms with Gasteiger partial charge in [0.2, 0.25) is 11.8 Å². The second-order valence-corrected chi connectivity index (χ2v) is 17.6. The molecule has 1 unspecified atom stereocenters. The van der Waals surface area contributed by atoms with Crippen LogP contribution in [0.25, 0.3) is 22.2 Å². The van der Waals surface area contributed by atoms with E-state index in [-0.39, 0.29) is 36.1 Å². The van der Waals surface area contributed by atoms with Gasteiger partial charge in [0.05, 0.1) is 29.8 Å². The lowest BCUT2D eigenvalue weighted by Gasteiger charge is -2.29. The molecular formula is C45H56N6O8S. The van der Waals surface area contributed by atoms with Crippen LogP contribution in [0.3, 0.4) is 0 Å². The average Bonchev–Trinajstić information content (AvgIpc) is 3.69. The Bertz CT molecular complexity index is 2230. The van der Waals surface area contributed by atoms with Gasteiger partial charge in [0, 0.05) is 36.0 Å². The zero-order valence-corrected chi connectivity index (χ0v) is 35.5. The van der Waals surface area contributed by atoms with Crippen molar-refractivity contribution in [2.45, 2.75) is 101 Å². The summed E-state index contributed by atoms with van der Waals surface area (Å²) in [5, 5.41) is 9.37. The molecule has 6 rings (SSSR count). The normalized spacial score (nSPS) is 18.1. The lowest BCUT2D eigenvalue weighted by molar-refractivity contribution is -0.130. The van der Waals surface area contributed by atoms with Crippen LogP contribution < -0.4 is 30.1 Å². The topological polar surface area (TPSA) is 185 Å². The largest absolute Gasteiger partial charge is 0.497 e. The molecule has 320 valence electrons. The first-order valence-corrected chi connectivity index (χ1v) is 22.3. The summed E-state index contributed by atoms with van der Waals surface area (Å²) in [6, 6.07) is 20.4. The molecule has 4 atom stereocenters. The minimum atomic E-state index is -4.23. The van der Waals surface area contributed by atoms with Crippen LogP contribution in [0.1, 0.15) is 72.1 Å². The molecule has 1 saturated carbocycles. The number of fused-ring (bicyclic) bond motifs is 1. The quantitative estimate of drug-likeness (QED) is 0.106. The van der Waals surface area contributed by atoms with Crippen molar-refractivity contribution in [2.75, 3.05) is 20.2 Å². The summed E-state index contributed by atoms with van der Waals surface area (Å²) in [5.74, 6) is -0.678. The molecule has 1 aromatic heterocycles. The molecule has 0 bridgehead atoms. The Labute approximate surface area is 352 Å². The Balaban J connectivity index is 1.27. The first kappa shape index (κ1) is 43.9. The lowest BCUT2D eigenvalue weighted by Crippen LogP contribution is -2.58. The average molecular weight is 841 g/mol. The third-order valence-electron chi connectivity index (χ3n) is 11.2. The van der Waals surface area contributed by atoms with Crippen LogP contribution in [-0.4, -0.2) is 86.5 Å². The van der Waals surface area contributed by atoms with Crippen molar-refractivity contribution in [3.05, 3.63) is 84.9 Å². The Kier molecular flexibility index (Phi) is 14.6. The fraction of sp³-hybridized carbons (Fsp3) is 0.444. The minimum Gasteiger partial charge on any atom is -0.497 e. The number of methoxy groups -OCH3 is 1. The molecular weight excluding hydrogens is 785 g/mol. The summed E-state index contributed by atoms with van der Waals surface area (Å²) < 4.78 is 40.4. The van der Waals surface area contributed by atoms with Crippen LogP contribution in [0.15, 0.2) is 89.8 Å². The summed E-state index contributed by atoms with van der Waals surface area (Å²) in [6.45, 7) is 5.99. The van der Waals surface area contributed by atoms with Crippen LogP contribution in [0.2, 0.25) is 0 Å². The smallest absolute Gasteiger partial charge is 0.318 e. The van der Waals surface area contributed by atoms with Crippen LogP contribution in [-0.2, 0) is 24.4 Å². The molecule has 0 radical (unpaired) electrons. The Morgan fingerprint density at radius 2 is 1.58 bits per heavy atom. The van der Waals surface area contributed by atoms with Gasteiger partial charge in [-0.3, -0.25) is 14.4 Å². The van der Waals surface area contributed by atoms with Crippen LogP contribution >= 0.6 is 0 Å². The molecule has 5 amide bonds. The molecule has 3 aromatic carbocycles. The van der Waals surface area contributed by atoms with E-state index in [4.69, 9.17) is 14.5 Å². The van der Waals surface area contributed by atoms with Gasteiger partial charge in [-0.05, 0) is 55.4 Å². The predicted octanol–water partition coefficient (Wildman–Crippen LogP) is 5.95. The number of amides is 5. The highest BCUT2D eigenvalue weighted by Crippen LogP contribution is 2.35. The number of carbonyl (C=O) groups excluding carboxylic acids is 4. The Morgan fingerprint density at radius 1 is 0.883 bits per heavy atom. The lowest BCUT2D eigenvalue weighted by atomic mass is 9.89. The van der Waals surface area contributed by atoms with Crippen LogP contribution in [0, 0.1) is 11.8 Å². The molecule has 4 N–H and O–H groups in total. The van der Waals surface area contributed by atoms with E-state index in [0.717, 1.165) is 31.2 Å². The van der Waals surface area contributed by atoms with E-state index >= 15 is 0 Å². The molecule has 0 spiro atoms. The van der Waals surface area contributed by atoms with Gasteiger partial charge < -0.3 is 30.3 Å². The maximum atomic E-state index is 14.3. The van der Waals surface area contributed by atoms with Crippen molar-refractivity contribution in [1.29, 1.82) is 0 Å². The van der Waals surface area contributed by atoms with Gasteiger partial charge in [0.25, 0.3) is 15.9 Å². The van der Waals surface area contributed by atoms with E-state index in [1.165, 1.54) is 23.5 Å². The molecule has 2 heterocycles.